The van der Waals surface area contributed by atoms with E-state index in [4.69, 9.17) is 23.2 Å². The molecule has 12 heteroatoms. The summed E-state index contributed by atoms with van der Waals surface area (Å²) in [5.74, 6) is -2.23. The van der Waals surface area contributed by atoms with Gasteiger partial charge >= 0.3 is 0 Å². The van der Waals surface area contributed by atoms with Gasteiger partial charge in [0.2, 0.25) is 5.91 Å². The topological polar surface area (TPSA) is 131 Å². The number of carbonyl (C=O) groups excluding carboxylic acids is 1. The Morgan fingerprint density at radius 2 is 1.41 bits per heavy atom. The van der Waals surface area contributed by atoms with Crippen molar-refractivity contribution in [2.75, 3.05) is 6.61 Å². The standard InChI is InChI=1S/C37H52N2O8Si2/c1-24(2)48(25(3)4)23-49(26(5)6,27(7)8)47-34-33(46-48)35(19-30(40)39(35)44-20-28-15-11-9-12-16-28)31(41)32-36(34,42)22-43-37(21-38,45-32)29-17-13-10-14-18-29/h9-18,24-27,31-34,41-42H,19-20,22-23H2,1-8H3/t31-,32-,33-,34+,35-,36+,37+/m1/s1. The fourth-order valence-corrected chi connectivity index (χ4v) is 25.0. The van der Waals surface area contributed by atoms with Crippen molar-refractivity contribution in [3.8, 4) is 6.07 Å². The van der Waals surface area contributed by atoms with Crippen molar-refractivity contribution in [2.45, 2.75) is 138 Å². The van der Waals surface area contributed by atoms with Crippen molar-refractivity contribution in [3.05, 3.63) is 71.8 Å². The molecule has 6 rings (SSSR count). The zero-order valence-corrected chi connectivity index (χ0v) is 32.0. The van der Waals surface area contributed by atoms with Gasteiger partial charge in [0, 0.05) is 5.56 Å². The third-order valence-corrected chi connectivity index (χ3v) is 25.7. The first-order chi connectivity index (χ1) is 23.1. The lowest BCUT2D eigenvalue weighted by Crippen LogP contribution is -2.88. The summed E-state index contributed by atoms with van der Waals surface area (Å²) in [4.78, 5) is 20.0. The minimum absolute atomic E-state index is 0.0813. The van der Waals surface area contributed by atoms with Gasteiger partial charge in [0.15, 0.2) is 16.6 Å². The van der Waals surface area contributed by atoms with Crippen molar-refractivity contribution in [3.63, 3.8) is 0 Å². The number of hydroxylamine groups is 2. The Hall–Kier alpha value is -2.45. The SMILES string of the molecule is CC(C)[Si]1(C(C)C)C[Si](C(C)C)(C(C)C)O[C@H]2[C@@H](O1)[C@@]1(CC(=O)N1OCc1ccccc1)[C@H](O)[C@H]1O[C@@](C#N)(c3ccccc3)OC[C@]12O. The predicted octanol–water partition coefficient (Wildman–Crippen LogP) is 5.84. The monoisotopic (exact) mass is 708 g/mol. The number of β-lactam (4-membered cyclic amide) rings is 1. The molecule has 4 aliphatic rings. The smallest absolute Gasteiger partial charge is 0.287 e. The summed E-state index contributed by atoms with van der Waals surface area (Å²) in [6, 6.07) is 20.5. The van der Waals surface area contributed by atoms with Gasteiger partial charge in [-0.2, -0.15) is 5.26 Å². The zero-order valence-electron chi connectivity index (χ0n) is 30.0. The molecule has 0 bridgehead atoms. The summed E-state index contributed by atoms with van der Waals surface area (Å²) in [5.41, 5.74) is -0.674. The zero-order chi connectivity index (χ0) is 35.6. The maximum absolute atomic E-state index is 13.7. The van der Waals surface area contributed by atoms with Gasteiger partial charge in [-0.1, -0.05) is 116 Å². The van der Waals surface area contributed by atoms with Crippen LogP contribution in [0.5, 0.6) is 0 Å². The van der Waals surface area contributed by atoms with Crippen LogP contribution in [0.15, 0.2) is 60.7 Å². The first-order valence-corrected chi connectivity index (χ1v) is 22.2. The summed E-state index contributed by atoms with van der Waals surface area (Å²) in [5, 5.41) is 37.5. The van der Waals surface area contributed by atoms with Gasteiger partial charge in [-0.25, -0.2) is 5.06 Å². The molecule has 1 aliphatic carbocycles. The summed E-state index contributed by atoms with van der Waals surface area (Å²) in [6.45, 7) is 17.4. The van der Waals surface area contributed by atoms with E-state index in [1.807, 2.05) is 36.4 Å². The van der Waals surface area contributed by atoms with E-state index in [0.717, 1.165) is 11.2 Å². The molecule has 49 heavy (non-hydrogen) atoms. The summed E-state index contributed by atoms with van der Waals surface area (Å²) in [7, 11) is -5.58. The first-order valence-electron chi connectivity index (χ1n) is 17.7. The molecule has 10 nitrogen and oxygen atoms in total. The Balaban J connectivity index is 1.55. The van der Waals surface area contributed by atoms with Crippen molar-refractivity contribution in [2.24, 2.45) is 0 Å². The molecule has 3 aliphatic heterocycles. The summed E-state index contributed by atoms with van der Waals surface area (Å²) < 4.78 is 27.9. The fraction of sp³-hybridized carbons (Fsp3) is 0.622. The molecule has 3 heterocycles. The largest absolute Gasteiger partial charge is 0.408 e. The average molecular weight is 709 g/mol. The number of ether oxygens (including phenoxy) is 2. The summed E-state index contributed by atoms with van der Waals surface area (Å²) >= 11 is 0. The number of nitriles is 1. The molecule has 0 radical (unpaired) electrons. The van der Waals surface area contributed by atoms with Crippen LogP contribution in [0.4, 0.5) is 0 Å². The molecule has 266 valence electrons. The predicted molar refractivity (Wildman–Crippen MR) is 187 cm³/mol. The summed E-state index contributed by atoms with van der Waals surface area (Å²) in [6.07, 6.45) is -5.02. The van der Waals surface area contributed by atoms with Crippen molar-refractivity contribution in [1.29, 1.82) is 5.26 Å². The van der Waals surface area contributed by atoms with Crippen LogP contribution in [0.2, 0.25) is 27.8 Å². The number of nitrogens with zero attached hydrogens (tertiary/aromatic N) is 2. The Morgan fingerprint density at radius 3 is 1.92 bits per heavy atom. The van der Waals surface area contributed by atoms with E-state index in [1.165, 1.54) is 5.06 Å². The molecule has 3 saturated heterocycles. The average Bonchev–Trinajstić information content (AvgIpc) is 3.26. The number of benzene rings is 2. The third kappa shape index (κ3) is 5.40. The number of hydrogen-bond acceptors (Lipinski definition) is 9. The number of hydrogen-bond donors (Lipinski definition) is 2. The number of aliphatic hydroxyl groups excluding tert-OH is 1. The first kappa shape index (κ1) is 36.3. The molecular formula is C37H52N2O8Si2. The molecule has 2 aromatic rings. The van der Waals surface area contributed by atoms with Crippen molar-refractivity contribution in [1.82, 2.24) is 5.06 Å². The lowest BCUT2D eigenvalue weighted by atomic mass is 9.61. The highest BCUT2D eigenvalue weighted by Gasteiger charge is 2.79. The minimum atomic E-state index is -2.80. The van der Waals surface area contributed by atoms with Crippen LogP contribution >= 0.6 is 0 Å². The van der Waals surface area contributed by atoms with E-state index in [2.05, 4.69) is 61.5 Å². The minimum Gasteiger partial charge on any atom is -0.408 e. The van der Waals surface area contributed by atoms with Crippen LogP contribution in [0.3, 0.4) is 0 Å². The Labute approximate surface area is 292 Å². The Bertz CT molecular complexity index is 1540. The van der Waals surface area contributed by atoms with E-state index in [1.54, 1.807) is 24.3 Å². The van der Waals surface area contributed by atoms with E-state index in [9.17, 15) is 20.3 Å². The van der Waals surface area contributed by atoms with Crippen LogP contribution in [0, 0.1) is 11.3 Å². The number of amides is 1. The van der Waals surface area contributed by atoms with Crippen molar-refractivity contribution >= 4 is 22.5 Å². The third-order valence-electron chi connectivity index (χ3n) is 12.0. The normalized spacial score (nSPS) is 35.2. The molecule has 0 unspecified atom stereocenters. The van der Waals surface area contributed by atoms with Crippen LogP contribution in [-0.2, 0) is 40.4 Å². The highest BCUT2D eigenvalue weighted by Crippen LogP contribution is 2.60. The second-order valence-corrected chi connectivity index (χ2v) is 26.1. The molecule has 4 fully saturated rings. The number of carbonyl (C=O) groups is 1. The lowest BCUT2D eigenvalue weighted by Gasteiger charge is -2.67. The van der Waals surface area contributed by atoms with E-state index in [0.29, 0.717) is 5.56 Å². The molecule has 2 aromatic carbocycles. The number of aliphatic hydroxyl groups is 2. The van der Waals surface area contributed by atoms with E-state index >= 15 is 0 Å². The fourth-order valence-electron chi connectivity index (χ4n) is 8.97. The molecular weight excluding hydrogens is 657 g/mol. The Morgan fingerprint density at radius 1 is 0.878 bits per heavy atom. The van der Waals surface area contributed by atoms with Gasteiger partial charge in [-0.15, -0.1) is 0 Å². The molecule has 1 spiro atoms. The quantitative estimate of drug-likeness (QED) is 0.257. The van der Waals surface area contributed by atoms with Crippen LogP contribution < -0.4 is 0 Å². The lowest BCUT2D eigenvalue weighted by molar-refractivity contribution is -0.411. The van der Waals surface area contributed by atoms with Gasteiger partial charge in [0.05, 0.1) is 13.0 Å². The molecule has 1 saturated carbocycles. The second-order valence-electron chi connectivity index (χ2n) is 15.8. The second kappa shape index (κ2) is 13.0. The van der Waals surface area contributed by atoms with Gasteiger partial charge in [0.1, 0.15) is 48.2 Å². The van der Waals surface area contributed by atoms with Crippen LogP contribution in [-0.4, -0.2) is 80.0 Å². The molecule has 1 amide bonds. The number of fused-ring (bicyclic) bond motifs is 4. The molecule has 7 atom stereocenters. The molecule has 2 N–H and O–H groups in total. The maximum Gasteiger partial charge on any atom is 0.287 e. The Kier molecular flexibility index (Phi) is 9.61. The van der Waals surface area contributed by atoms with E-state index < -0.39 is 58.0 Å². The van der Waals surface area contributed by atoms with Crippen molar-refractivity contribution < 1.29 is 38.2 Å². The van der Waals surface area contributed by atoms with Gasteiger partial charge in [0.25, 0.3) is 5.79 Å². The van der Waals surface area contributed by atoms with E-state index in [-0.39, 0.29) is 47.7 Å². The van der Waals surface area contributed by atoms with Gasteiger partial charge in [-0.05, 0) is 33.4 Å². The van der Waals surface area contributed by atoms with Crippen LogP contribution in [0.25, 0.3) is 0 Å². The number of rotatable bonds is 8. The van der Waals surface area contributed by atoms with Gasteiger partial charge in [-0.3, -0.25) is 9.63 Å². The van der Waals surface area contributed by atoms with Gasteiger partial charge < -0.3 is 28.5 Å². The highest BCUT2D eigenvalue weighted by molar-refractivity contribution is 6.94. The molecule has 0 aromatic heterocycles. The van der Waals surface area contributed by atoms with Crippen LogP contribution in [0.1, 0.15) is 72.9 Å². The maximum atomic E-state index is 13.7. The highest BCUT2D eigenvalue weighted by atomic mass is 28.4.